The summed E-state index contributed by atoms with van der Waals surface area (Å²) in [6.07, 6.45) is 6.71. The first-order chi connectivity index (χ1) is 22.0. The second-order valence-electron chi connectivity index (χ2n) is 13.6. The summed E-state index contributed by atoms with van der Waals surface area (Å²) in [6.45, 7) is 8.56. The van der Waals surface area contributed by atoms with Crippen molar-refractivity contribution in [3.05, 3.63) is 108 Å². The number of carbonyl (C=O) groups excluding carboxylic acids is 1. The Kier molecular flexibility index (Phi) is 12.1. The van der Waals surface area contributed by atoms with E-state index in [1.54, 1.807) is 12.1 Å². The molecule has 0 unspecified atom stereocenters. The van der Waals surface area contributed by atoms with Crippen LogP contribution in [0.15, 0.2) is 85.2 Å². The van der Waals surface area contributed by atoms with Crippen LogP contribution >= 0.6 is 12.4 Å². The van der Waals surface area contributed by atoms with Crippen LogP contribution in [-0.2, 0) is 22.2 Å². The van der Waals surface area contributed by atoms with Gasteiger partial charge in [0.1, 0.15) is 18.0 Å². The number of nitrogens with one attached hydrogen (secondary N) is 3. The lowest BCUT2D eigenvalue weighted by atomic mass is 9.74. The van der Waals surface area contributed by atoms with E-state index in [1.165, 1.54) is 42.9 Å². The van der Waals surface area contributed by atoms with E-state index in [-0.39, 0.29) is 35.1 Å². The molecule has 1 aliphatic rings. The van der Waals surface area contributed by atoms with Crippen molar-refractivity contribution < 1.29 is 14.3 Å². The zero-order valence-electron chi connectivity index (χ0n) is 27.7. The van der Waals surface area contributed by atoms with Crippen LogP contribution in [0, 0.1) is 5.82 Å². The highest BCUT2D eigenvalue weighted by molar-refractivity contribution is 5.85. The molecule has 5 rings (SSSR count). The van der Waals surface area contributed by atoms with E-state index in [1.807, 2.05) is 30.3 Å². The Morgan fingerprint density at radius 1 is 0.957 bits per heavy atom. The molecule has 0 saturated heterocycles. The molecule has 4 aromatic rings. The Hall–Kier alpha value is -3.85. The summed E-state index contributed by atoms with van der Waals surface area (Å²) in [4.78, 5) is 20.8. The third kappa shape index (κ3) is 9.60. The van der Waals surface area contributed by atoms with Crippen LogP contribution in [0.4, 0.5) is 15.9 Å². The summed E-state index contributed by atoms with van der Waals surface area (Å²) >= 11 is 0. The minimum absolute atomic E-state index is 0. The predicted molar refractivity (Wildman–Crippen MR) is 190 cm³/mol. The molecule has 0 radical (unpaired) electrons. The lowest BCUT2D eigenvalue weighted by molar-refractivity contribution is -0.120. The fourth-order valence-corrected chi connectivity index (χ4v) is 6.32. The Morgan fingerprint density at radius 3 is 2.32 bits per heavy atom. The average molecular weight is 660 g/mol. The van der Waals surface area contributed by atoms with E-state index >= 15 is 0 Å². The smallest absolute Gasteiger partial charge is 0.217 e. The number of hydrogen-bond donors (Lipinski definition) is 4. The van der Waals surface area contributed by atoms with Gasteiger partial charge in [0.15, 0.2) is 0 Å². The highest BCUT2D eigenvalue weighted by Crippen LogP contribution is 2.38. The molecule has 9 heteroatoms. The largest absolute Gasteiger partial charge is 0.390 e. The van der Waals surface area contributed by atoms with E-state index in [0.717, 1.165) is 42.5 Å². The molecule has 1 amide bonds. The van der Waals surface area contributed by atoms with Crippen LogP contribution in [0.2, 0.25) is 0 Å². The molecule has 47 heavy (non-hydrogen) atoms. The van der Waals surface area contributed by atoms with Crippen molar-refractivity contribution in [2.75, 3.05) is 11.9 Å². The molecule has 4 N–H and O–H groups in total. The molecule has 3 aromatic carbocycles. The molecule has 1 heterocycles. The van der Waals surface area contributed by atoms with Gasteiger partial charge in [-0.25, -0.2) is 14.4 Å². The van der Waals surface area contributed by atoms with Crippen molar-refractivity contribution in [3.8, 4) is 11.3 Å². The van der Waals surface area contributed by atoms with E-state index in [2.05, 4.69) is 71.0 Å². The summed E-state index contributed by atoms with van der Waals surface area (Å²) in [5.74, 6) is 0.147. The lowest BCUT2D eigenvalue weighted by Gasteiger charge is -2.41. The Labute approximate surface area is 284 Å². The second-order valence-corrected chi connectivity index (χ2v) is 13.6. The van der Waals surface area contributed by atoms with Crippen LogP contribution in [0.25, 0.3) is 11.3 Å². The van der Waals surface area contributed by atoms with Gasteiger partial charge < -0.3 is 21.1 Å². The van der Waals surface area contributed by atoms with Gasteiger partial charge in [-0.05, 0) is 77.8 Å². The zero-order valence-corrected chi connectivity index (χ0v) is 28.5. The van der Waals surface area contributed by atoms with Gasteiger partial charge in [0, 0.05) is 36.3 Å². The number of aliphatic hydroxyl groups is 1. The molecule has 7 nitrogen and oxygen atoms in total. The minimum Gasteiger partial charge on any atom is -0.390 e. The second kappa shape index (κ2) is 15.8. The van der Waals surface area contributed by atoms with Crippen LogP contribution < -0.4 is 16.0 Å². The average Bonchev–Trinajstić information content (AvgIpc) is 3.04. The molecule has 0 bridgehead atoms. The minimum atomic E-state index is -0.780. The number of anilines is 2. The van der Waals surface area contributed by atoms with Gasteiger partial charge in [-0.3, -0.25) is 4.79 Å². The fourth-order valence-electron chi connectivity index (χ4n) is 6.32. The van der Waals surface area contributed by atoms with Gasteiger partial charge in [0.2, 0.25) is 5.91 Å². The van der Waals surface area contributed by atoms with Crippen LogP contribution in [0.3, 0.4) is 0 Å². The Balaban J connectivity index is 0.00000500. The third-order valence-electron chi connectivity index (χ3n) is 8.98. The standard InChI is InChI=1S/C38H46FN5O2.ClH/c1-26(45)43-34(35(46)24-42-38(19-6-5-7-20-38)30-10-8-9-29(22-30)37(2,3)4)21-27-11-17-32(18-12-27)44-36-23-33(40-25-41-36)28-13-15-31(39)16-14-28;/h8-18,22-23,25,34-35,42,46H,5-7,19-21,24H2,1-4H3,(H,43,45)(H,40,41,44);1H/t34-,35-;/m0./s1. The quantitative estimate of drug-likeness (QED) is 0.132. The maximum Gasteiger partial charge on any atom is 0.217 e. The monoisotopic (exact) mass is 659 g/mol. The van der Waals surface area contributed by atoms with Crippen molar-refractivity contribution in [1.29, 1.82) is 0 Å². The Bertz CT molecular complexity index is 1600. The molecular formula is C38H47ClFN5O2. The maximum atomic E-state index is 13.3. The molecule has 0 aliphatic heterocycles. The van der Waals surface area contributed by atoms with Crippen LogP contribution in [-0.4, -0.2) is 39.7 Å². The number of aliphatic hydroxyl groups excluding tert-OH is 1. The van der Waals surface area contributed by atoms with E-state index < -0.39 is 12.1 Å². The van der Waals surface area contributed by atoms with Gasteiger partial charge in [-0.2, -0.15) is 0 Å². The van der Waals surface area contributed by atoms with Gasteiger partial charge in [0.05, 0.1) is 17.8 Å². The normalized spacial score (nSPS) is 15.6. The number of benzene rings is 3. The number of halogens is 2. The van der Waals surface area contributed by atoms with Gasteiger partial charge in [-0.1, -0.05) is 76.4 Å². The molecule has 1 aliphatic carbocycles. The summed E-state index contributed by atoms with van der Waals surface area (Å²) in [5, 5.41) is 21.5. The van der Waals surface area contributed by atoms with Gasteiger partial charge in [-0.15, -0.1) is 12.4 Å². The molecule has 0 spiro atoms. The third-order valence-corrected chi connectivity index (χ3v) is 8.98. The van der Waals surface area contributed by atoms with Crippen molar-refractivity contribution in [2.24, 2.45) is 0 Å². The number of carbonyl (C=O) groups is 1. The lowest BCUT2D eigenvalue weighted by Crippen LogP contribution is -2.53. The summed E-state index contributed by atoms with van der Waals surface area (Å²) in [6, 6.07) is 24.3. The molecule has 250 valence electrons. The summed E-state index contributed by atoms with van der Waals surface area (Å²) in [5.41, 5.74) is 5.74. The van der Waals surface area contributed by atoms with Gasteiger partial charge in [0.25, 0.3) is 0 Å². The summed E-state index contributed by atoms with van der Waals surface area (Å²) in [7, 11) is 0. The van der Waals surface area contributed by atoms with E-state index in [9.17, 15) is 14.3 Å². The van der Waals surface area contributed by atoms with Crippen molar-refractivity contribution in [3.63, 3.8) is 0 Å². The summed E-state index contributed by atoms with van der Waals surface area (Å²) < 4.78 is 13.3. The first-order valence-corrected chi connectivity index (χ1v) is 16.3. The van der Waals surface area contributed by atoms with E-state index in [4.69, 9.17) is 0 Å². The van der Waals surface area contributed by atoms with Crippen LogP contribution in [0.1, 0.15) is 76.5 Å². The van der Waals surface area contributed by atoms with Crippen molar-refractivity contribution in [2.45, 2.75) is 89.3 Å². The molecule has 1 aromatic heterocycles. The number of rotatable bonds is 11. The number of hydrogen-bond acceptors (Lipinski definition) is 6. The van der Waals surface area contributed by atoms with Crippen molar-refractivity contribution >= 4 is 29.8 Å². The highest BCUT2D eigenvalue weighted by Gasteiger charge is 2.35. The number of aromatic nitrogens is 2. The molecule has 2 atom stereocenters. The van der Waals surface area contributed by atoms with Crippen LogP contribution in [0.5, 0.6) is 0 Å². The van der Waals surface area contributed by atoms with Crippen molar-refractivity contribution in [1.82, 2.24) is 20.6 Å². The zero-order chi connectivity index (χ0) is 32.7. The predicted octanol–water partition coefficient (Wildman–Crippen LogP) is 7.60. The number of nitrogens with zero attached hydrogens (tertiary/aromatic N) is 2. The molecule has 1 fully saturated rings. The topological polar surface area (TPSA) is 99.2 Å². The highest BCUT2D eigenvalue weighted by atomic mass is 35.5. The molecule has 1 saturated carbocycles. The fraction of sp³-hybridized carbons (Fsp3) is 0.395. The molecular weight excluding hydrogens is 613 g/mol. The van der Waals surface area contributed by atoms with Gasteiger partial charge >= 0.3 is 0 Å². The number of amides is 1. The first kappa shape index (κ1) is 36.0. The SMILES string of the molecule is CC(=O)N[C@@H](Cc1ccc(Nc2cc(-c3ccc(F)cc3)ncn2)cc1)[C@@H](O)CNC1(c2cccc(C(C)(C)C)c2)CCCCC1.Cl. The Morgan fingerprint density at radius 2 is 1.66 bits per heavy atom. The van der Waals surface area contributed by atoms with E-state index in [0.29, 0.717) is 24.5 Å². The first-order valence-electron chi connectivity index (χ1n) is 16.3. The maximum absolute atomic E-state index is 13.3.